The second-order valence-electron chi connectivity index (χ2n) is 7.10. The highest BCUT2D eigenvalue weighted by atomic mass is 15.2. The first-order valence-electron chi connectivity index (χ1n) is 8.21. The van der Waals surface area contributed by atoms with Gasteiger partial charge in [-0.1, -0.05) is 13.8 Å². The number of likely N-dealkylation sites (tertiary alicyclic amines) is 1. The maximum atomic E-state index is 6.18. The van der Waals surface area contributed by atoms with Crippen molar-refractivity contribution in [3.8, 4) is 0 Å². The summed E-state index contributed by atoms with van der Waals surface area (Å²) in [7, 11) is 2.30. The van der Waals surface area contributed by atoms with Crippen molar-refractivity contribution in [3.05, 3.63) is 0 Å². The van der Waals surface area contributed by atoms with E-state index in [1.165, 1.54) is 58.3 Å². The van der Waals surface area contributed by atoms with E-state index in [1.54, 1.807) is 0 Å². The molecule has 2 rings (SSSR count). The molecule has 1 aliphatic heterocycles. The highest BCUT2D eigenvalue weighted by molar-refractivity contribution is 4.96. The summed E-state index contributed by atoms with van der Waals surface area (Å²) in [6, 6.07) is 0. The van der Waals surface area contributed by atoms with Crippen LogP contribution in [0.5, 0.6) is 0 Å². The first-order chi connectivity index (χ1) is 9.07. The molecule has 0 aromatic rings. The van der Waals surface area contributed by atoms with Gasteiger partial charge in [0, 0.05) is 25.2 Å². The van der Waals surface area contributed by atoms with Gasteiger partial charge in [0.05, 0.1) is 0 Å². The number of rotatable bonds is 5. The first-order valence-corrected chi connectivity index (χ1v) is 8.21. The molecule has 0 amide bonds. The molecular formula is C16H33N3. The summed E-state index contributed by atoms with van der Waals surface area (Å²) < 4.78 is 0. The van der Waals surface area contributed by atoms with Gasteiger partial charge in [0.2, 0.25) is 0 Å². The predicted octanol–water partition coefficient (Wildman–Crippen LogP) is 2.17. The summed E-state index contributed by atoms with van der Waals surface area (Å²) in [5.41, 5.74) is 6.44. The maximum Gasteiger partial charge on any atom is 0.0331 e. The number of hydrogen-bond acceptors (Lipinski definition) is 3. The van der Waals surface area contributed by atoms with Crippen LogP contribution < -0.4 is 5.73 Å². The fourth-order valence-electron chi connectivity index (χ4n) is 3.91. The van der Waals surface area contributed by atoms with E-state index in [9.17, 15) is 0 Å². The Morgan fingerprint density at radius 2 is 1.89 bits per heavy atom. The van der Waals surface area contributed by atoms with Gasteiger partial charge < -0.3 is 10.6 Å². The van der Waals surface area contributed by atoms with Gasteiger partial charge in [-0.2, -0.15) is 0 Å². The molecule has 0 radical (unpaired) electrons. The Morgan fingerprint density at radius 1 is 1.21 bits per heavy atom. The van der Waals surface area contributed by atoms with Crippen LogP contribution in [0.3, 0.4) is 0 Å². The second-order valence-corrected chi connectivity index (χ2v) is 7.10. The molecule has 3 unspecified atom stereocenters. The van der Waals surface area contributed by atoms with E-state index >= 15 is 0 Å². The van der Waals surface area contributed by atoms with E-state index in [-0.39, 0.29) is 5.54 Å². The third kappa shape index (κ3) is 3.50. The zero-order valence-corrected chi connectivity index (χ0v) is 13.2. The normalized spacial score (nSPS) is 37.1. The van der Waals surface area contributed by atoms with Crippen molar-refractivity contribution in [2.45, 2.75) is 51.5 Å². The molecule has 0 aromatic heterocycles. The van der Waals surface area contributed by atoms with Crippen LogP contribution >= 0.6 is 0 Å². The van der Waals surface area contributed by atoms with E-state index in [0.29, 0.717) is 0 Å². The molecule has 1 aliphatic carbocycles. The molecule has 3 atom stereocenters. The van der Waals surface area contributed by atoms with Gasteiger partial charge >= 0.3 is 0 Å². The molecule has 1 heterocycles. The van der Waals surface area contributed by atoms with Gasteiger partial charge in [-0.15, -0.1) is 0 Å². The summed E-state index contributed by atoms with van der Waals surface area (Å²) in [4.78, 5) is 5.18. The van der Waals surface area contributed by atoms with E-state index in [0.717, 1.165) is 18.4 Å². The fourth-order valence-corrected chi connectivity index (χ4v) is 3.91. The third-order valence-corrected chi connectivity index (χ3v) is 5.88. The zero-order valence-electron chi connectivity index (χ0n) is 13.2. The van der Waals surface area contributed by atoms with Crippen LogP contribution in [0.15, 0.2) is 0 Å². The molecule has 3 nitrogen and oxygen atoms in total. The minimum Gasteiger partial charge on any atom is -0.329 e. The van der Waals surface area contributed by atoms with Crippen LogP contribution in [0, 0.1) is 11.8 Å². The summed E-state index contributed by atoms with van der Waals surface area (Å²) in [6.45, 7) is 10.6. The monoisotopic (exact) mass is 267 g/mol. The molecule has 1 saturated heterocycles. The van der Waals surface area contributed by atoms with Gasteiger partial charge in [0.1, 0.15) is 0 Å². The summed E-state index contributed by atoms with van der Waals surface area (Å²) >= 11 is 0. The zero-order chi connectivity index (χ0) is 13.9. The molecule has 2 fully saturated rings. The van der Waals surface area contributed by atoms with Crippen LogP contribution in [0.1, 0.15) is 46.0 Å². The number of hydrogen-bond donors (Lipinski definition) is 1. The highest BCUT2D eigenvalue weighted by Gasteiger charge is 2.39. The lowest BCUT2D eigenvalue weighted by Gasteiger charge is -2.48. The van der Waals surface area contributed by atoms with Gasteiger partial charge in [0.25, 0.3) is 0 Å². The van der Waals surface area contributed by atoms with E-state index in [4.69, 9.17) is 5.73 Å². The summed E-state index contributed by atoms with van der Waals surface area (Å²) in [5, 5.41) is 0. The van der Waals surface area contributed by atoms with E-state index < -0.39 is 0 Å². The van der Waals surface area contributed by atoms with Crippen LogP contribution in [0.25, 0.3) is 0 Å². The van der Waals surface area contributed by atoms with Crippen LogP contribution in [-0.4, -0.2) is 55.1 Å². The lowest BCUT2D eigenvalue weighted by Crippen LogP contribution is -2.56. The lowest BCUT2D eigenvalue weighted by molar-refractivity contribution is 0.0353. The van der Waals surface area contributed by atoms with E-state index in [1.807, 2.05) is 0 Å². The quantitative estimate of drug-likeness (QED) is 0.828. The molecule has 0 spiro atoms. The topological polar surface area (TPSA) is 32.5 Å². The minimum absolute atomic E-state index is 0.269. The van der Waals surface area contributed by atoms with Gasteiger partial charge in [0.15, 0.2) is 0 Å². The van der Waals surface area contributed by atoms with Crippen molar-refractivity contribution >= 4 is 0 Å². The average Bonchev–Trinajstić information content (AvgIpc) is 2.92. The Morgan fingerprint density at radius 3 is 2.47 bits per heavy atom. The van der Waals surface area contributed by atoms with Crippen molar-refractivity contribution < 1.29 is 0 Å². The highest BCUT2D eigenvalue weighted by Crippen LogP contribution is 2.38. The molecule has 2 aliphatic rings. The van der Waals surface area contributed by atoms with Crippen molar-refractivity contribution in [2.75, 3.05) is 39.8 Å². The Hall–Kier alpha value is -0.120. The molecule has 3 heteroatoms. The van der Waals surface area contributed by atoms with Crippen LogP contribution in [0.4, 0.5) is 0 Å². The largest absolute Gasteiger partial charge is 0.329 e. The molecule has 2 N–H and O–H groups in total. The van der Waals surface area contributed by atoms with Gasteiger partial charge in [-0.05, 0) is 64.1 Å². The summed E-state index contributed by atoms with van der Waals surface area (Å²) in [5.74, 6) is 1.68. The average molecular weight is 267 g/mol. The van der Waals surface area contributed by atoms with Crippen molar-refractivity contribution in [1.82, 2.24) is 9.80 Å². The molecule has 19 heavy (non-hydrogen) atoms. The number of nitrogens with two attached hydrogens (primary N) is 1. The summed E-state index contributed by atoms with van der Waals surface area (Å²) in [6.07, 6.45) is 6.68. The lowest BCUT2D eigenvalue weighted by atomic mass is 9.70. The Bertz CT molecular complexity index is 275. The molecule has 0 bridgehead atoms. The molecular weight excluding hydrogens is 234 g/mol. The van der Waals surface area contributed by atoms with Crippen LogP contribution in [0.2, 0.25) is 0 Å². The molecule has 0 aromatic carbocycles. The van der Waals surface area contributed by atoms with Crippen molar-refractivity contribution in [3.63, 3.8) is 0 Å². The van der Waals surface area contributed by atoms with Crippen molar-refractivity contribution in [2.24, 2.45) is 17.6 Å². The Kier molecular flexibility index (Phi) is 5.27. The van der Waals surface area contributed by atoms with E-state index in [2.05, 4.69) is 30.7 Å². The first kappa shape index (κ1) is 15.3. The molecule has 1 saturated carbocycles. The SMILES string of the molecule is CC1CCC(CN)(N(C)CCN2CCCC2)CC1C. The standard InChI is InChI=1S/C16H33N3/c1-14-6-7-16(13-17,12-15(14)2)18(3)10-11-19-8-4-5-9-19/h14-15H,4-13,17H2,1-3H3. The fraction of sp³-hybridized carbons (Fsp3) is 1.00. The van der Waals surface area contributed by atoms with Crippen molar-refractivity contribution in [1.29, 1.82) is 0 Å². The van der Waals surface area contributed by atoms with Gasteiger partial charge in [-0.3, -0.25) is 4.90 Å². The minimum atomic E-state index is 0.269. The second kappa shape index (κ2) is 6.55. The number of likely N-dealkylation sites (N-methyl/N-ethyl adjacent to an activating group) is 1. The predicted molar refractivity (Wildman–Crippen MR) is 82.3 cm³/mol. The Labute approximate surface area is 119 Å². The smallest absolute Gasteiger partial charge is 0.0331 e. The number of nitrogens with zero attached hydrogens (tertiary/aromatic N) is 2. The molecule has 112 valence electrons. The third-order valence-electron chi connectivity index (χ3n) is 5.88. The van der Waals surface area contributed by atoms with Crippen LogP contribution in [-0.2, 0) is 0 Å². The maximum absolute atomic E-state index is 6.18. The Balaban J connectivity index is 1.88. The van der Waals surface area contributed by atoms with Gasteiger partial charge in [-0.25, -0.2) is 0 Å².